The Bertz CT molecular complexity index is 1170. The molecular weight excluding hydrogens is 514 g/mol. The van der Waals surface area contributed by atoms with Crippen LogP contribution in [-0.4, -0.2) is 57.1 Å². The molecule has 0 aliphatic heterocycles. The molecule has 0 saturated carbocycles. The van der Waals surface area contributed by atoms with Gasteiger partial charge in [-0.2, -0.15) is 0 Å². The van der Waals surface area contributed by atoms with E-state index in [9.17, 15) is 18.0 Å². The summed E-state index contributed by atoms with van der Waals surface area (Å²) in [4.78, 5) is 27.8. The fraction of sp³-hybridized carbons (Fsp3) is 0.481. The molecule has 0 aromatic heterocycles. The maximum Gasteiger partial charge on any atom is 0.242 e. The number of aryl methyl sites for hydroxylation is 1. The Kier molecular flexibility index (Phi) is 11.3. The van der Waals surface area contributed by atoms with Crippen molar-refractivity contribution in [3.05, 3.63) is 58.6 Å². The fourth-order valence-electron chi connectivity index (χ4n) is 3.81. The van der Waals surface area contributed by atoms with E-state index < -0.39 is 16.1 Å². The first kappa shape index (κ1) is 30.4. The number of carbonyl (C=O) groups is 2. The molecule has 0 aliphatic rings. The molecule has 0 saturated heterocycles. The topological polar surface area (TPSA) is 96.0 Å². The number of halogens is 1. The van der Waals surface area contributed by atoms with Crippen molar-refractivity contribution in [2.45, 2.75) is 65.6 Å². The monoisotopic (exact) mass is 551 g/mol. The number of anilines is 1. The molecule has 0 heterocycles. The summed E-state index contributed by atoms with van der Waals surface area (Å²) in [5.41, 5.74) is 2.10. The fourth-order valence-corrected chi connectivity index (χ4v) is 4.99. The van der Waals surface area contributed by atoms with Crippen LogP contribution in [-0.2, 0) is 26.2 Å². The zero-order valence-electron chi connectivity index (χ0n) is 22.5. The van der Waals surface area contributed by atoms with Crippen molar-refractivity contribution in [1.29, 1.82) is 0 Å². The highest BCUT2D eigenvalue weighted by molar-refractivity contribution is 7.92. The number of hydrogen-bond acceptors (Lipinski definition) is 5. The average Bonchev–Trinajstić information content (AvgIpc) is 2.85. The highest BCUT2D eigenvalue weighted by Gasteiger charge is 2.27. The zero-order chi connectivity index (χ0) is 27.8. The molecule has 204 valence electrons. The predicted octanol–water partition coefficient (Wildman–Crippen LogP) is 4.54. The summed E-state index contributed by atoms with van der Waals surface area (Å²) in [6.07, 6.45) is 2.25. The quantitative estimate of drug-likeness (QED) is 0.394. The highest BCUT2D eigenvalue weighted by atomic mass is 35.5. The molecule has 2 atom stereocenters. The summed E-state index contributed by atoms with van der Waals surface area (Å²) in [5, 5.41) is 3.37. The van der Waals surface area contributed by atoms with Gasteiger partial charge in [0.15, 0.2) is 0 Å². The van der Waals surface area contributed by atoms with Gasteiger partial charge < -0.3 is 15.0 Å². The molecule has 2 amide bonds. The molecule has 0 aliphatic carbocycles. The lowest BCUT2D eigenvalue weighted by Gasteiger charge is -2.30. The molecule has 1 N–H and O–H groups in total. The number of hydrogen-bond donors (Lipinski definition) is 1. The van der Waals surface area contributed by atoms with Crippen LogP contribution in [0.5, 0.6) is 5.75 Å². The second kappa shape index (κ2) is 13.7. The van der Waals surface area contributed by atoms with Crippen molar-refractivity contribution < 1.29 is 22.7 Å². The third kappa shape index (κ3) is 8.93. The molecule has 0 bridgehead atoms. The summed E-state index contributed by atoms with van der Waals surface area (Å²) in [5.74, 6) is 0.226. The molecule has 8 nitrogen and oxygen atoms in total. The maximum atomic E-state index is 13.4. The molecule has 10 heteroatoms. The Labute approximate surface area is 226 Å². The van der Waals surface area contributed by atoms with Gasteiger partial charge in [0.1, 0.15) is 11.8 Å². The van der Waals surface area contributed by atoms with Crippen molar-refractivity contribution in [1.82, 2.24) is 10.2 Å². The van der Waals surface area contributed by atoms with Crippen molar-refractivity contribution in [2.75, 3.05) is 24.2 Å². The first-order valence-electron chi connectivity index (χ1n) is 12.3. The first-order chi connectivity index (χ1) is 17.4. The second-order valence-corrected chi connectivity index (χ2v) is 11.6. The number of sulfonamides is 1. The van der Waals surface area contributed by atoms with Crippen molar-refractivity contribution in [2.24, 2.45) is 0 Å². The van der Waals surface area contributed by atoms with E-state index in [0.717, 1.165) is 23.8 Å². The Morgan fingerprint density at radius 1 is 1.11 bits per heavy atom. The van der Waals surface area contributed by atoms with Crippen LogP contribution in [0.2, 0.25) is 5.02 Å². The van der Waals surface area contributed by atoms with Gasteiger partial charge in [-0.05, 0) is 69.0 Å². The van der Waals surface area contributed by atoms with Gasteiger partial charge in [-0.1, -0.05) is 36.7 Å². The van der Waals surface area contributed by atoms with Crippen LogP contribution in [0, 0.1) is 6.92 Å². The van der Waals surface area contributed by atoms with Crippen LogP contribution in [0.1, 0.15) is 51.2 Å². The van der Waals surface area contributed by atoms with Gasteiger partial charge in [0, 0.05) is 30.6 Å². The van der Waals surface area contributed by atoms with Crippen molar-refractivity contribution >= 4 is 39.1 Å². The number of ether oxygens (including phenoxy) is 1. The van der Waals surface area contributed by atoms with E-state index in [0.29, 0.717) is 16.5 Å². The number of nitrogens with one attached hydrogen (secondary N) is 1. The Morgan fingerprint density at radius 2 is 1.76 bits per heavy atom. The number of rotatable bonds is 13. The van der Waals surface area contributed by atoms with E-state index in [1.54, 1.807) is 44.4 Å². The van der Waals surface area contributed by atoms with E-state index in [-0.39, 0.29) is 43.8 Å². The summed E-state index contributed by atoms with van der Waals surface area (Å²) >= 11 is 6.12. The highest BCUT2D eigenvalue weighted by Crippen LogP contribution is 2.27. The lowest BCUT2D eigenvalue weighted by atomic mass is 10.1. The van der Waals surface area contributed by atoms with Crippen LogP contribution in [0.15, 0.2) is 42.5 Å². The molecule has 0 radical (unpaired) electrons. The minimum atomic E-state index is -3.60. The molecule has 0 spiro atoms. The minimum Gasteiger partial charge on any atom is -0.497 e. The van der Waals surface area contributed by atoms with Gasteiger partial charge in [0.25, 0.3) is 0 Å². The zero-order valence-corrected chi connectivity index (χ0v) is 24.0. The number of methoxy groups -OCH3 is 1. The normalized spacial score (nSPS) is 12.9. The number of nitrogens with zero attached hydrogens (tertiary/aromatic N) is 2. The van der Waals surface area contributed by atoms with Gasteiger partial charge in [0.2, 0.25) is 21.8 Å². The molecular formula is C27H38ClN3O5S. The van der Waals surface area contributed by atoms with E-state index in [1.807, 2.05) is 32.9 Å². The third-order valence-corrected chi connectivity index (χ3v) is 7.69. The number of benzene rings is 2. The van der Waals surface area contributed by atoms with Gasteiger partial charge >= 0.3 is 0 Å². The van der Waals surface area contributed by atoms with Crippen LogP contribution >= 0.6 is 11.6 Å². The maximum absolute atomic E-state index is 13.4. The molecule has 37 heavy (non-hydrogen) atoms. The molecule has 2 aromatic carbocycles. The lowest BCUT2D eigenvalue weighted by Crippen LogP contribution is -2.49. The molecule has 2 rings (SSSR count). The Balaban J connectivity index is 2.21. The first-order valence-corrected chi connectivity index (χ1v) is 14.6. The van der Waals surface area contributed by atoms with Gasteiger partial charge in [-0.3, -0.25) is 13.9 Å². The van der Waals surface area contributed by atoms with Crippen LogP contribution in [0.3, 0.4) is 0 Å². The van der Waals surface area contributed by atoms with Gasteiger partial charge in [-0.25, -0.2) is 8.42 Å². The minimum absolute atomic E-state index is 0.0165. The van der Waals surface area contributed by atoms with Crippen LogP contribution < -0.4 is 14.4 Å². The largest absolute Gasteiger partial charge is 0.497 e. The average molecular weight is 552 g/mol. The summed E-state index contributed by atoms with van der Waals surface area (Å²) in [6.45, 7) is 7.75. The van der Waals surface area contributed by atoms with Crippen molar-refractivity contribution in [3.8, 4) is 5.75 Å². The Hall–Kier alpha value is -2.78. The molecule has 0 fully saturated rings. The third-order valence-electron chi connectivity index (χ3n) is 6.27. The molecule has 0 unspecified atom stereocenters. The summed E-state index contributed by atoms with van der Waals surface area (Å²) in [6, 6.07) is 11.7. The van der Waals surface area contributed by atoms with Gasteiger partial charge in [-0.15, -0.1) is 0 Å². The lowest BCUT2D eigenvalue weighted by molar-refractivity contribution is -0.140. The summed E-state index contributed by atoms with van der Waals surface area (Å²) < 4.78 is 31.6. The van der Waals surface area contributed by atoms with Crippen molar-refractivity contribution in [3.63, 3.8) is 0 Å². The van der Waals surface area contributed by atoms with E-state index in [2.05, 4.69) is 5.32 Å². The van der Waals surface area contributed by atoms with Gasteiger partial charge in [0.05, 0.1) is 19.1 Å². The SMILES string of the molecule is CC[C@H](C)NC(=O)[C@H](C)N(Cc1ccc(OC)cc1)C(=O)CCCN(c1cc(Cl)ccc1C)S(C)(=O)=O. The number of carbonyl (C=O) groups excluding carboxylic acids is 2. The number of amides is 2. The van der Waals surface area contributed by atoms with E-state index in [4.69, 9.17) is 16.3 Å². The predicted molar refractivity (Wildman–Crippen MR) is 149 cm³/mol. The van der Waals surface area contributed by atoms with E-state index >= 15 is 0 Å². The van der Waals surface area contributed by atoms with E-state index in [1.165, 1.54) is 9.21 Å². The molecule has 2 aromatic rings. The van der Waals surface area contributed by atoms with Crippen LogP contribution in [0.4, 0.5) is 5.69 Å². The smallest absolute Gasteiger partial charge is 0.242 e. The Morgan fingerprint density at radius 3 is 2.32 bits per heavy atom. The summed E-state index contributed by atoms with van der Waals surface area (Å²) in [7, 11) is -2.02. The second-order valence-electron chi connectivity index (χ2n) is 9.23. The standard InChI is InChI=1S/C27H38ClN3O5S/c1-7-20(3)29-27(33)21(4)30(18-22-11-14-24(36-5)15-12-22)26(32)9-8-16-31(37(6,34)35)25-17-23(28)13-10-19(25)2/h10-15,17,20-21H,7-9,16,18H2,1-6H3,(H,29,33)/t20-,21-/m0/s1. The van der Waals surface area contributed by atoms with Crippen LogP contribution in [0.25, 0.3) is 0 Å².